The maximum absolute atomic E-state index is 12.0. The lowest BCUT2D eigenvalue weighted by atomic mass is 10.0. The van der Waals surface area contributed by atoms with Crippen LogP contribution in [0.15, 0.2) is 24.3 Å². The highest BCUT2D eigenvalue weighted by atomic mass is 16.2. The van der Waals surface area contributed by atoms with Gasteiger partial charge < -0.3 is 10.6 Å². The van der Waals surface area contributed by atoms with E-state index in [1.165, 1.54) is 30.4 Å². The second-order valence-corrected chi connectivity index (χ2v) is 5.59. The number of hydrogen-bond donors (Lipinski definition) is 2. The third kappa shape index (κ3) is 5.64. The maximum Gasteiger partial charge on any atom is 0.315 e. The number of hydrogen-bond acceptors (Lipinski definition) is 1. The van der Waals surface area contributed by atoms with Gasteiger partial charge in [-0.2, -0.15) is 0 Å². The molecule has 0 saturated heterocycles. The zero-order chi connectivity index (χ0) is 15.0. The zero-order valence-electron chi connectivity index (χ0n) is 13.2. The van der Waals surface area contributed by atoms with Gasteiger partial charge in [-0.15, -0.1) is 0 Å². The molecule has 0 aliphatic carbocycles. The summed E-state index contributed by atoms with van der Waals surface area (Å²) in [5.41, 5.74) is 2.37. The van der Waals surface area contributed by atoms with Crippen molar-refractivity contribution in [1.82, 2.24) is 10.6 Å². The number of nitrogens with one attached hydrogen (secondary N) is 2. The van der Waals surface area contributed by atoms with Crippen molar-refractivity contribution in [3.05, 3.63) is 35.4 Å². The molecule has 3 heteroatoms. The smallest absolute Gasteiger partial charge is 0.315 e. The lowest BCUT2D eigenvalue weighted by Gasteiger charge is -2.19. The Hall–Kier alpha value is -1.51. The fourth-order valence-corrected chi connectivity index (χ4v) is 2.39. The Balaban J connectivity index is 2.40. The molecule has 0 radical (unpaired) electrons. The van der Waals surface area contributed by atoms with Gasteiger partial charge >= 0.3 is 6.03 Å². The minimum atomic E-state index is -0.0789. The molecule has 0 aliphatic rings. The van der Waals surface area contributed by atoms with Crippen molar-refractivity contribution in [2.24, 2.45) is 0 Å². The molecule has 2 amide bonds. The van der Waals surface area contributed by atoms with Crippen LogP contribution in [0, 0.1) is 6.92 Å². The summed E-state index contributed by atoms with van der Waals surface area (Å²) >= 11 is 0. The molecule has 20 heavy (non-hydrogen) atoms. The van der Waals surface area contributed by atoms with Gasteiger partial charge in [-0.05, 0) is 38.3 Å². The Labute approximate surface area is 123 Å². The summed E-state index contributed by atoms with van der Waals surface area (Å²) in [6, 6.07) is 8.33. The van der Waals surface area contributed by atoms with E-state index in [0.717, 1.165) is 6.42 Å². The van der Waals surface area contributed by atoms with E-state index in [0.29, 0.717) is 0 Å². The fraction of sp³-hybridized carbons (Fsp3) is 0.588. The third-order valence-corrected chi connectivity index (χ3v) is 3.62. The van der Waals surface area contributed by atoms with E-state index in [1.807, 2.05) is 19.1 Å². The molecule has 0 bridgehead atoms. The molecule has 0 aliphatic heterocycles. The minimum Gasteiger partial charge on any atom is -0.336 e. The molecule has 0 fully saturated rings. The Morgan fingerprint density at radius 3 is 2.50 bits per heavy atom. The largest absolute Gasteiger partial charge is 0.336 e. The van der Waals surface area contributed by atoms with E-state index in [-0.39, 0.29) is 18.1 Å². The van der Waals surface area contributed by atoms with Gasteiger partial charge in [-0.3, -0.25) is 0 Å². The van der Waals surface area contributed by atoms with Gasteiger partial charge in [0.1, 0.15) is 0 Å². The van der Waals surface area contributed by atoms with Crippen molar-refractivity contribution in [2.45, 2.75) is 65.5 Å². The SMILES string of the molecule is CCCCCC(C)NC(=O)NC(C)c1ccccc1C. The van der Waals surface area contributed by atoms with Crippen molar-refractivity contribution in [1.29, 1.82) is 0 Å². The monoisotopic (exact) mass is 276 g/mol. The first-order valence-electron chi connectivity index (χ1n) is 7.67. The van der Waals surface area contributed by atoms with Crippen LogP contribution in [0.25, 0.3) is 0 Å². The van der Waals surface area contributed by atoms with E-state index in [2.05, 4.69) is 43.5 Å². The van der Waals surface area contributed by atoms with E-state index in [4.69, 9.17) is 0 Å². The van der Waals surface area contributed by atoms with Gasteiger partial charge in [0.2, 0.25) is 0 Å². The summed E-state index contributed by atoms with van der Waals surface area (Å²) in [6.07, 6.45) is 4.65. The highest BCUT2D eigenvalue weighted by Crippen LogP contribution is 2.16. The van der Waals surface area contributed by atoms with Crippen molar-refractivity contribution >= 4 is 6.03 Å². The van der Waals surface area contributed by atoms with Crippen LogP contribution in [0.5, 0.6) is 0 Å². The van der Waals surface area contributed by atoms with Crippen molar-refractivity contribution in [3.63, 3.8) is 0 Å². The molecule has 2 unspecified atom stereocenters. The molecule has 1 aromatic rings. The predicted molar refractivity (Wildman–Crippen MR) is 84.9 cm³/mol. The summed E-state index contributed by atoms with van der Waals surface area (Å²) in [5.74, 6) is 0. The molecule has 0 spiro atoms. The minimum absolute atomic E-state index is 0.0269. The first-order chi connectivity index (χ1) is 9.54. The number of unbranched alkanes of at least 4 members (excludes halogenated alkanes) is 2. The number of benzene rings is 1. The molecule has 1 aromatic carbocycles. The Morgan fingerprint density at radius 2 is 1.85 bits per heavy atom. The second-order valence-electron chi connectivity index (χ2n) is 5.59. The number of rotatable bonds is 7. The molecule has 2 atom stereocenters. The van der Waals surface area contributed by atoms with Crippen LogP contribution < -0.4 is 10.6 Å². The molecule has 3 nitrogen and oxygen atoms in total. The van der Waals surface area contributed by atoms with Crippen LogP contribution in [0.4, 0.5) is 4.79 Å². The van der Waals surface area contributed by atoms with Crippen LogP contribution in [0.1, 0.15) is 63.6 Å². The molecule has 0 heterocycles. The predicted octanol–water partition coefficient (Wildman–Crippen LogP) is 4.32. The molecular formula is C17H28N2O. The number of aryl methyl sites for hydroxylation is 1. The summed E-state index contributed by atoms with van der Waals surface area (Å²) in [5, 5.41) is 6.02. The van der Waals surface area contributed by atoms with Gasteiger partial charge in [0.05, 0.1) is 6.04 Å². The normalized spacial score (nSPS) is 13.6. The molecule has 112 valence electrons. The molecular weight excluding hydrogens is 248 g/mol. The molecule has 0 saturated carbocycles. The summed E-state index contributed by atoms with van der Waals surface area (Å²) in [6.45, 7) is 8.34. The zero-order valence-corrected chi connectivity index (χ0v) is 13.2. The maximum atomic E-state index is 12.0. The highest BCUT2D eigenvalue weighted by molar-refractivity contribution is 5.74. The third-order valence-electron chi connectivity index (χ3n) is 3.62. The standard InChI is InChI=1S/C17H28N2O/c1-5-6-7-11-14(3)18-17(20)19-15(4)16-12-9-8-10-13(16)2/h8-10,12,14-15H,5-7,11H2,1-4H3,(H2,18,19,20). The van der Waals surface area contributed by atoms with E-state index < -0.39 is 0 Å². The van der Waals surface area contributed by atoms with Crippen LogP contribution in [0.2, 0.25) is 0 Å². The number of carbonyl (C=O) groups is 1. The van der Waals surface area contributed by atoms with Crippen LogP contribution in [-0.2, 0) is 0 Å². The number of carbonyl (C=O) groups excluding carboxylic acids is 1. The van der Waals surface area contributed by atoms with Gasteiger partial charge in [0.15, 0.2) is 0 Å². The summed E-state index contributed by atoms with van der Waals surface area (Å²) < 4.78 is 0. The average Bonchev–Trinajstić information content (AvgIpc) is 2.39. The Kier molecular flexibility index (Phi) is 7.13. The van der Waals surface area contributed by atoms with Crippen LogP contribution >= 0.6 is 0 Å². The van der Waals surface area contributed by atoms with Crippen LogP contribution in [-0.4, -0.2) is 12.1 Å². The molecule has 0 aromatic heterocycles. The van der Waals surface area contributed by atoms with Gasteiger partial charge in [-0.25, -0.2) is 4.79 Å². The van der Waals surface area contributed by atoms with Gasteiger partial charge in [0.25, 0.3) is 0 Å². The molecule has 1 rings (SSSR count). The highest BCUT2D eigenvalue weighted by Gasteiger charge is 2.12. The van der Waals surface area contributed by atoms with Crippen LogP contribution in [0.3, 0.4) is 0 Å². The quantitative estimate of drug-likeness (QED) is 0.715. The van der Waals surface area contributed by atoms with Crippen molar-refractivity contribution < 1.29 is 4.79 Å². The second kappa shape index (κ2) is 8.62. The van der Waals surface area contributed by atoms with Crippen molar-refractivity contribution in [2.75, 3.05) is 0 Å². The summed E-state index contributed by atoms with van der Waals surface area (Å²) in [7, 11) is 0. The lowest BCUT2D eigenvalue weighted by Crippen LogP contribution is -2.41. The number of amides is 2. The first-order valence-corrected chi connectivity index (χ1v) is 7.67. The Morgan fingerprint density at radius 1 is 1.15 bits per heavy atom. The summed E-state index contributed by atoms with van der Waals surface area (Å²) in [4.78, 5) is 12.0. The van der Waals surface area contributed by atoms with Gasteiger partial charge in [0, 0.05) is 6.04 Å². The van der Waals surface area contributed by atoms with E-state index in [9.17, 15) is 4.79 Å². The molecule has 2 N–H and O–H groups in total. The fourth-order valence-electron chi connectivity index (χ4n) is 2.39. The van der Waals surface area contributed by atoms with E-state index in [1.54, 1.807) is 0 Å². The Bertz CT molecular complexity index is 417. The van der Waals surface area contributed by atoms with E-state index >= 15 is 0 Å². The lowest BCUT2D eigenvalue weighted by molar-refractivity contribution is 0.234. The topological polar surface area (TPSA) is 41.1 Å². The first kappa shape index (κ1) is 16.5. The van der Waals surface area contributed by atoms with Crippen molar-refractivity contribution in [3.8, 4) is 0 Å². The number of urea groups is 1. The van der Waals surface area contributed by atoms with Gasteiger partial charge in [-0.1, -0.05) is 50.5 Å². The average molecular weight is 276 g/mol.